The van der Waals surface area contributed by atoms with Gasteiger partial charge in [0.05, 0.1) is 28.9 Å². The Hall–Kier alpha value is -3.93. The Kier molecular flexibility index (Phi) is 5.77. The maximum atomic E-state index is 14.2. The van der Waals surface area contributed by atoms with E-state index in [0.717, 1.165) is 23.4 Å². The van der Waals surface area contributed by atoms with Gasteiger partial charge in [0, 0.05) is 24.8 Å². The summed E-state index contributed by atoms with van der Waals surface area (Å²) >= 11 is 0. The summed E-state index contributed by atoms with van der Waals surface area (Å²) in [6.45, 7) is 1.67. The van der Waals surface area contributed by atoms with Gasteiger partial charge in [0.25, 0.3) is 0 Å². The van der Waals surface area contributed by atoms with E-state index in [2.05, 4.69) is 15.4 Å². The zero-order valence-corrected chi connectivity index (χ0v) is 17.0. The van der Waals surface area contributed by atoms with Crippen LogP contribution in [0.1, 0.15) is 11.3 Å². The number of pyridine rings is 1. The SMILES string of the molecule is COCC[n+]1[nH]cc2c1CN(C(=O)Nc1nc(-c3ccc(F)cc3F)ccc1[N+](=O)[O-])C2. The van der Waals surface area contributed by atoms with Crippen LogP contribution < -0.4 is 10.00 Å². The molecule has 0 saturated heterocycles. The van der Waals surface area contributed by atoms with Crippen molar-refractivity contribution < 1.29 is 27.9 Å². The quantitative estimate of drug-likeness (QED) is 0.344. The number of aromatic nitrogens is 3. The van der Waals surface area contributed by atoms with Crippen molar-refractivity contribution in [2.75, 3.05) is 19.0 Å². The number of anilines is 1. The minimum atomic E-state index is -0.872. The molecule has 0 atom stereocenters. The Morgan fingerprint density at radius 2 is 2.16 bits per heavy atom. The second-order valence-electron chi connectivity index (χ2n) is 7.12. The Balaban J connectivity index is 1.57. The maximum absolute atomic E-state index is 14.2. The molecule has 1 aliphatic rings. The van der Waals surface area contributed by atoms with Crippen molar-refractivity contribution in [2.45, 2.75) is 19.6 Å². The lowest BCUT2D eigenvalue weighted by molar-refractivity contribution is -0.757. The first kappa shape index (κ1) is 21.3. The number of carbonyl (C=O) groups is 1. The van der Waals surface area contributed by atoms with Crippen LogP contribution in [-0.2, 0) is 24.4 Å². The molecule has 0 unspecified atom stereocenters. The molecule has 3 aromatic rings. The molecule has 0 bridgehead atoms. The van der Waals surface area contributed by atoms with Crippen LogP contribution >= 0.6 is 0 Å². The minimum Gasteiger partial charge on any atom is -0.378 e. The molecule has 1 aliphatic heterocycles. The standard InChI is InChI=1S/C20H18F2N6O4/c1-32-7-6-27-18-11-26(10-12(18)9-23-27)20(29)25-19-17(28(30)31)5-4-16(24-19)14-3-2-13(21)8-15(14)22/h2-5,8-9H,6-7,10-11H2,1H3,(H,24,25,29)/p+1. The van der Waals surface area contributed by atoms with E-state index in [9.17, 15) is 23.7 Å². The van der Waals surface area contributed by atoms with Gasteiger partial charge in [0.15, 0.2) is 6.54 Å². The van der Waals surface area contributed by atoms with E-state index in [1.54, 1.807) is 13.3 Å². The third kappa shape index (κ3) is 4.12. The number of fused-ring (bicyclic) bond motifs is 1. The van der Waals surface area contributed by atoms with Crippen LogP contribution in [0, 0.1) is 21.7 Å². The second kappa shape index (κ2) is 8.67. The summed E-state index contributed by atoms with van der Waals surface area (Å²) in [6.07, 6.45) is 1.79. The van der Waals surface area contributed by atoms with E-state index < -0.39 is 28.3 Å². The first-order valence-electron chi connectivity index (χ1n) is 9.62. The molecule has 0 saturated carbocycles. The fraction of sp³-hybridized carbons (Fsp3) is 0.250. The topological polar surface area (TPSA) is 117 Å². The Morgan fingerprint density at radius 1 is 1.34 bits per heavy atom. The van der Waals surface area contributed by atoms with Gasteiger partial charge >= 0.3 is 11.7 Å². The monoisotopic (exact) mass is 445 g/mol. The summed E-state index contributed by atoms with van der Waals surface area (Å²) in [4.78, 5) is 29.1. The van der Waals surface area contributed by atoms with E-state index in [4.69, 9.17) is 4.74 Å². The zero-order valence-electron chi connectivity index (χ0n) is 17.0. The number of nitro groups is 1. The van der Waals surface area contributed by atoms with E-state index in [-0.39, 0.29) is 23.6 Å². The molecule has 12 heteroatoms. The summed E-state index contributed by atoms with van der Waals surface area (Å²) in [7, 11) is 1.59. The summed E-state index contributed by atoms with van der Waals surface area (Å²) < 4.78 is 34.3. The maximum Gasteiger partial charge on any atom is 0.324 e. The lowest BCUT2D eigenvalue weighted by Crippen LogP contribution is -2.42. The van der Waals surface area contributed by atoms with E-state index >= 15 is 0 Å². The molecule has 2 N–H and O–H groups in total. The molecule has 4 rings (SSSR count). The van der Waals surface area contributed by atoms with Crippen molar-refractivity contribution in [3.8, 4) is 11.3 Å². The van der Waals surface area contributed by atoms with Crippen LogP contribution in [0.25, 0.3) is 11.3 Å². The molecular weight excluding hydrogens is 426 g/mol. The van der Waals surface area contributed by atoms with Crippen molar-refractivity contribution in [3.63, 3.8) is 0 Å². The number of nitrogens with zero attached hydrogens (tertiary/aromatic N) is 4. The minimum absolute atomic E-state index is 0.0220. The molecule has 2 aromatic heterocycles. The number of nitrogens with one attached hydrogen (secondary N) is 2. The normalized spacial score (nSPS) is 12.7. The van der Waals surface area contributed by atoms with Crippen molar-refractivity contribution in [1.82, 2.24) is 15.0 Å². The van der Waals surface area contributed by atoms with Crippen molar-refractivity contribution >= 4 is 17.5 Å². The first-order valence-corrected chi connectivity index (χ1v) is 9.62. The van der Waals surface area contributed by atoms with Gasteiger partial charge in [-0.15, -0.1) is 4.68 Å². The third-order valence-corrected chi connectivity index (χ3v) is 5.10. The van der Waals surface area contributed by atoms with Gasteiger partial charge in [-0.1, -0.05) is 0 Å². The lowest BCUT2D eigenvalue weighted by atomic mass is 10.1. The molecule has 0 spiro atoms. The van der Waals surface area contributed by atoms with Gasteiger partial charge in [-0.2, -0.15) is 5.10 Å². The fourth-order valence-corrected chi connectivity index (χ4v) is 3.50. The van der Waals surface area contributed by atoms with Crippen molar-refractivity contribution in [2.24, 2.45) is 0 Å². The number of halogens is 2. The highest BCUT2D eigenvalue weighted by molar-refractivity contribution is 5.91. The lowest BCUT2D eigenvalue weighted by Gasteiger charge is -2.16. The number of urea groups is 1. The van der Waals surface area contributed by atoms with Crippen LogP contribution in [0.2, 0.25) is 0 Å². The number of rotatable bonds is 6. The number of carbonyl (C=O) groups excluding carboxylic acids is 1. The molecule has 10 nitrogen and oxygen atoms in total. The van der Waals surface area contributed by atoms with Crippen LogP contribution in [-0.4, -0.2) is 39.7 Å². The number of hydrogen-bond acceptors (Lipinski definition) is 5. The fourth-order valence-electron chi connectivity index (χ4n) is 3.50. The summed E-state index contributed by atoms with van der Waals surface area (Å²) in [5.41, 5.74) is 1.35. The highest BCUT2D eigenvalue weighted by Crippen LogP contribution is 2.29. The number of ether oxygens (including phenoxy) is 1. The molecule has 32 heavy (non-hydrogen) atoms. The smallest absolute Gasteiger partial charge is 0.324 e. The predicted molar refractivity (Wildman–Crippen MR) is 107 cm³/mol. The molecule has 3 heterocycles. The third-order valence-electron chi connectivity index (χ3n) is 5.10. The van der Waals surface area contributed by atoms with Crippen molar-refractivity contribution in [1.29, 1.82) is 0 Å². The highest BCUT2D eigenvalue weighted by Gasteiger charge is 2.33. The molecule has 0 radical (unpaired) electrons. The number of hydrogen-bond donors (Lipinski definition) is 2. The number of benzene rings is 1. The Morgan fingerprint density at radius 3 is 2.88 bits per heavy atom. The molecule has 2 amide bonds. The number of methoxy groups -OCH3 is 1. The van der Waals surface area contributed by atoms with Gasteiger partial charge in [0.2, 0.25) is 11.5 Å². The van der Waals surface area contributed by atoms with Crippen LogP contribution in [0.4, 0.5) is 25.1 Å². The number of amides is 2. The van der Waals surface area contributed by atoms with Gasteiger partial charge in [-0.25, -0.2) is 18.6 Å². The highest BCUT2D eigenvalue weighted by atomic mass is 19.1. The van der Waals surface area contributed by atoms with E-state index in [0.29, 0.717) is 25.8 Å². The molecule has 0 fully saturated rings. The van der Waals surface area contributed by atoms with E-state index in [1.165, 1.54) is 17.0 Å². The largest absolute Gasteiger partial charge is 0.378 e. The van der Waals surface area contributed by atoms with Crippen molar-refractivity contribution in [3.05, 3.63) is 69.5 Å². The van der Waals surface area contributed by atoms with Crippen LogP contribution in [0.15, 0.2) is 36.5 Å². The van der Waals surface area contributed by atoms with Crippen LogP contribution in [0.5, 0.6) is 0 Å². The van der Waals surface area contributed by atoms with Gasteiger partial charge in [0.1, 0.15) is 24.8 Å². The molecule has 0 aliphatic carbocycles. The number of H-pyrrole nitrogens is 1. The Labute approximate surface area is 180 Å². The predicted octanol–water partition coefficient (Wildman–Crippen LogP) is 2.74. The van der Waals surface area contributed by atoms with Gasteiger partial charge in [-0.3, -0.25) is 15.4 Å². The molecular formula is C20H19F2N6O4+. The van der Waals surface area contributed by atoms with Crippen LogP contribution in [0.3, 0.4) is 0 Å². The zero-order chi connectivity index (χ0) is 22.8. The Bertz CT molecular complexity index is 1200. The number of aromatic amines is 1. The van der Waals surface area contributed by atoms with E-state index in [1.807, 2.05) is 4.68 Å². The second-order valence-corrected chi connectivity index (χ2v) is 7.12. The first-order chi connectivity index (χ1) is 15.4. The molecule has 1 aromatic carbocycles. The van der Waals surface area contributed by atoms with Gasteiger partial charge in [-0.05, 0) is 18.2 Å². The average molecular weight is 445 g/mol. The summed E-state index contributed by atoms with van der Waals surface area (Å²) in [5, 5.41) is 17.0. The summed E-state index contributed by atoms with van der Waals surface area (Å²) in [6, 6.07) is 4.69. The molecule has 166 valence electrons. The average Bonchev–Trinajstić information content (AvgIpc) is 3.33. The summed E-state index contributed by atoms with van der Waals surface area (Å²) in [5.74, 6) is -1.96. The van der Waals surface area contributed by atoms with Gasteiger partial charge < -0.3 is 9.64 Å².